The molecule has 30 heavy (non-hydrogen) atoms. The first kappa shape index (κ1) is 20.2. The van der Waals surface area contributed by atoms with Crippen LogP contribution < -0.4 is 10.6 Å². The lowest BCUT2D eigenvalue weighted by Gasteiger charge is -2.07. The summed E-state index contributed by atoms with van der Waals surface area (Å²) in [6.45, 7) is 0.216. The molecule has 11 nitrogen and oxygen atoms in total. The minimum Gasteiger partial charge on any atom is -0.467 e. The molecule has 0 aliphatic rings. The van der Waals surface area contributed by atoms with E-state index in [9.17, 15) is 29.8 Å². The number of nitro benzene ring substituents is 2. The van der Waals surface area contributed by atoms with Crippen LogP contribution in [0.2, 0.25) is 0 Å². The summed E-state index contributed by atoms with van der Waals surface area (Å²) in [6.07, 6.45) is 1.49. The second-order valence-corrected chi connectivity index (χ2v) is 6.01. The largest absolute Gasteiger partial charge is 0.467 e. The standard InChI is InChI=1S/C19H14N4O7/c24-18(20-11-15-2-1-9-30-15)12-3-5-13(6-4-12)21-19(25)16-8-7-14(22(26)27)10-17(16)23(28)29/h1-10H,11H2,(H,20,24)(H,21,25). The van der Waals surface area contributed by atoms with Gasteiger partial charge >= 0.3 is 0 Å². The Kier molecular flexibility index (Phi) is 5.82. The molecule has 0 spiro atoms. The Morgan fingerprint density at radius 2 is 1.67 bits per heavy atom. The number of nitrogens with one attached hydrogen (secondary N) is 2. The predicted molar refractivity (Wildman–Crippen MR) is 104 cm³/mol. The Morgan fingerprint density at radius 3 is 2.27 bits per heavy atom. The topological polar surface area (TPSA) is 158 Å². The van der Waals surface area contributed by atoms with Gasteiger partial charge in [-0.1, -0.05) is 0 Å². The van der Waals surface area contributed by atoms with Gasteiger partial charge in [0, 0.05) is 17.3 Å². The molecular weight excluding hydrogens is 396 g/mol. The van der Waals surface area contributed by atoms with E-state index in [0.29, 0.717) is 11.3 Å². The number of amides is 2. The molecule has 3 aromatic rings. The van der Waals surface area contributed by atoms with Crippen LogP contribution >= 0.6 is 0 Å². The van der Waals surface area contributed by atoms with Crippen LogP contribution in [0.4, 0.5) is 17.1 Å². The number of nitro groups is 2. The summed E-state index contributed by atoms with van der Waals surface area (Å²) >= 11 is 0. The van der Waals surface area contributed by atoms with Crippen molar-refractivity contribution >= 4 is 28.9 Å². The summed E-state index contributed by atoms with van der Waals surface area (Å²) in [7, 11) is 0. The summed E-state index contributed by atoms with van der Waals surface area (Å²) in [5.74, 6) is -0.571. The monoisotopic (exact) mass is 410 g/mol. The third-order valence-electron chi connectivity index (χ3n) is 4.04. The summed E-state index contributed by atoms with van der Waals surface area (Å²) in [5.41, 5.74) is -0.888. The van der Waals surface area contributed by atoms with Gasteiger partial charge in [0.15, 0.2) is 0 Å². The zero-order valence-corrected chi connectivity index (χ0v) is 15.2. The average molecular weight is 410 g/mol. The van der Waals surface area contributed by atoms with Crippen molar-refractivity contribution in [3.05, 3.63) is 98.0 Å². The van der Waals surface area contributed by atoms with Crippen molar-refractivity contribution < 1.29 is 23.9 Å². The SMILES string of the molecule is O=C(NCc1ccco1)c1ccc(NC(=O)c2ccc([N+](=O)[O-])cc2[N+](=O)[O-])cc1. The molecular formula is C19H14N4O7. The van der Waals surface area contributed by atoms with E-state index in [4.69, 9.17) is 4.42 Å². The molecule has 0 bridgehead atoms. The number of carbonyl (C=O) groups is 2. The Labute approximate surface area is 168 Å². The highest BCUT2D eigenvalue weighted by Crippen LogP contribution is 2.25. The predicted octanol–water partition coefficient (Wildman–Crippen LogP) is 3.28. The first-order chi connectivity index (χ1) is 14.3. The molecule has 0 aliphatic carbocycles. The Hall–Kier alpha value is -4.54. The fourth-order valence-corrected chi connectivity index (χ4v) is 2.56. The Bertz CT molecular complexity index is 1110. The van der Waals surface area contributed by atoms with E-state index in [2.05, 4.69) is 10.6 Å². The van der Waals surface area contributed by atoms with E-state index in [-0.39, 0.29) is 23.7 Å². The number of rotatable bonds is 7. The third-order valence-corrected chi connectivity index (χ3v) is 4.04. The minimum absolute atomic E-state index is 0.216. The molecule has 0 atom stereocenters. The maximum Gasteiger partial charge on any atom is 0.289 e. The molecule has 0 saturated heterocycles. The molecule has 2 N–H and O–H groups in total. The zero-order chi connectivity index (χ0) is 21.7. The minimum atomic E-state index is -0.867. The van der Waals surface area contributed by atoms with Crippen LogP contribution in [-0.4, -0.2) is 21.7 Å². The van der Waals surface area contributed by atoms with Gasteiger partial charge in [-0.2, -0.15) is 0 Å². The van der Waals surface area contributed by atoms with Crippen LogP contribution in [0, 0.1) is 20.2 Å². The number of benzene rings is 2. The summed E-state index contributed by atoms with van der Waals surface area (Å²) in [6, 6.07) is 12.0. The fourth-order valence-electron chi connectivity index (χ4n) is 2.56. The first-order valence-corrected chi connectivity index (χ1v) is 8.50. The smallest absolute Gasteiger partial charge is 0.289 e. The highest BCUT2D eigenvalue weighted by Gasteiger charge is 2.24. The van der Waals surface area contributed by atoms with Crippen LogP contribution in [0.15, 0.2) is 65.3 Å². The normalized spacial score (nSPS) is 10.3. The van der Waals surface area contributed by atoms with Gasteiger partial charge in [-0.25, -0.2) is 0 Å². The number of carbonyl (C=O) groups excluding carboxylic acids is 2. The lowest BCUT2D eigenvalue weighted by atomic mass is 10.1. The molecule has 0 aliphatic heterocycles. The number of anilines is 1. The summed E-state index contributed by atoms with van der Waals surface area (Å²) < 4.78 is 5.12. The molecule has 2 amide bonds. The van der Waals surface area contributed by atoms with Crippen molar-refractivity contribution in [2.45, 2.75) is 6.54 Å². The third kappa shape index (κ3) is 4.65. The van der Waals surface area contributed by atoms with Crippen LogP contribution in [0.1, 0.15) is 26.5 Å². The molecule has 1 heterocycles. The van der Waals surface area contributed by atoms with Crippen molar-refractivity contribution in [3.8, 4) is 0 Å². The molecule has 11 heteroatoms. The van der Waals surface area contributed by atoms with E-state index >= 15 is 0 Å². The molecule has 1 aromatic heterocycles. The molecule has 152 valence electrons. The molecule has 0 fully saturated rings. The molecule has 0 saturated carbocycles. The quantitative estimate of drug-likeness (QED) is 0.447. The first-order valence-electron chi connectivity index (χ1n) is 8.50. The molecule has 3 rings (SSSR count). The van der Waals surface area contributed by atoms with Crippen molar-refractivity contribution in [2.24, 2.45) is 0 Å². The number of hydrogen-bond donors (Lipinski definition) is 2. The zero-order valence-electron chi connectivity index (χ0n) is 15.2. The average Bonchev–Trinajstić information content (AvgIpc) is 3.25. The van der Waals surface area contributed by atoms with Gasteiger partial charge in [-0.3, -0.25) is 29.8 Å². The fraction of sp³-hybridized carbons (Fsp3) is 0.0526. The lowest BCUT2D eigenvalue weighted by molar-refractivity contribution is -0.394. The van der Waals surface area contributed by atoms with Crippen LogP contribution in [0.25, 0.3) is 0 Å². The van der Waals surface area contributed by atoms with Gasteiger partial charge in [0.1, 0.15) is 11.3 Å². The van der Waals surface area contributed by atoms with Crippen LogP contribution in [0.5, 0.6) is 0 Å². The van der Waals surface area contributed by atoms with Crippen LogP contribution in [0.3, 0.4) is 0 Å². The van der Waals surface area contributed by atoms with Gasteiger partial charge in [-0.05, 0) is 42.5 Å². The Balaban J connectivity index is 1.69. The number of hydrogen-bond acceptors (Lipinski definition) is 7. The van der Waals surface area contributed by atoms with Gasteiger partial charge in [0.2, 0.25) is 0 Å². The Morgan fingerprint density at radius 1 is 0.933 bits per heavy atom. The highest BCUT2D eigenvalue weighted by atomic mass is 16.6. The second kappa shape index (κ2) is 8.65. The number of nitrogens with zero attached hydrogens (tertiary/aromatic N) is 2. The van der Waals surface area contributed by atoms with E-state index < -0.39 is 27.1 Å². The van der Waals surface area contributed by atoms with Gasteiger partial charge in [0.25, 0.3) is 23.2 Å². The maximum atomic E-state index is 12.4. The van der Waals surface area contributed by atoms with Crippen molar-refractivity contribution in [1.29, 1.82) is 0 Å². The highest BCUT2D eigenvalue weighted by molar-refractivity contribution is 6.07. The van der Waals surface area contributed by atoms with Crippen molar-refractivity contribution in [3.63, 3.8) is 0 Å². The molecule has 0 unspecified atom stereocenters. The molecule has 0 radical (unpaired) electrons. The lowest BCUT2D eigenvalue weighted by Crippen LogP contribution is -2.22. The van der Waals surface area contributed by atoms with Gasteiger partial charge in [0.05, 0.1) is 28.7 Å². The van der Waals surface area contributed by atoms with E-state index in [0.717, 1.165) is 18.2 Å². The number of furan rings is 1. The van der Waals surface area contributed by atoms with Crippen LogP contribution in [-0.2, 0) is 6.54 Å². The van der Waals surface area contributed by atoms with Gasteiger partial charge < -0.3 is 15.1 Å². The summed E-state index contributed by atoms with van der Waals surface area (Å²) in [4.78, 5) is 44.8. The molecule has 2 aromatic carbocycles. The second-order valence-electron chi connectivity index (χ2n) is 6.01. The van der Waals surface area contributed by atoms with E-state index in [1.54, 1.807) is 12.1 Å². The van der Waals surface area contributed by atoms with Crippen molar-refractivity contribution in [1.82, 2.24) is 5.32 Å². The summed E-state index contributed by atoms with van der Waals surface area (Å²) in [5, 5.41) is 27.1. The van der Waals surface area contributed by atoms with E-state index in [1.165, 1.54) is 30.5 Å². The van der Waals surface area contributed by atoms with E-state index in [1.807, 2.05) is 0 Å². The number of non-ortho nitro benzene ring substituents is 1. The maximum absolute atomic E-state index is 12.4. The van der Waals surface area contributed by atoms with Gasteiger partial charge in [-0.15, -0.1) is 0 Å². The van der Waals surface area contributed by atoms with Crippen molar-refractivity contribution in [2.75, 3.05) is 5.32 Å².